The van der Waals surface area contributed by atoms with Gasteiger partial charge in [0.15, 0.2) is 6.10 Å². The molecule has 0 aromatic heterocycles. The number of nitro groups is 1. The van der Waals surface area contributed by atoms with E-state index in [0.29, 0.717) is 13.2 Å². The van der Waals surface area contributed by atoms with Gasteiger partial charge in [0.25, 0.3) is 5.69 Å². The van der Waals surface area contributed by atoms with E-state index in [1.165, 1.54) is 26.2 Å². The molecular weight excluding hydrogens is 278 g/mol. The van der Waals surface area contributed by atoms with E-state index in [0.717, 1.165) is 6.07 Å². The number of benzene rings is 1. The molecule has 112 valence electrons. The van der Waals surface area contributed by atoms with E-state index in [1.807, 2.05) is 0 Å². The monoisotopic (exact) mass is 293 g/mol. The van der Waals surface area contributed by atoms with Crippen LogP contribution in [0, 0.1) is 21.4 Å². The Hall–Kier alpha value is -2.66. The van der Waals surface area contributed by atoms with Crippen LogP contribution in [0.2, 0.25) is 0 Å². The van der Waals surface area contributed by atoms with Crippen LogP contribution < -0.4 is 5.32 Å². The van der Waals surface area contributed by atoms with Crippen molar-refractivity contribution in [2.45, 2.75) is 13.0 Å². The quantitative estimate of drug-likeness (QED) is 0.352. The first kappa shape index (κ1) is 16.4. The number of methoxy groups -OCH3 is 1. The molecule has 0 radical (unpaired) electrons. The molecule has 0 spiro atoms. The second-order valence-electron chi connectivity index (χ2n) is 4.09. The first-order valence-electron chi connectivity index (χ1n) is 6.11. The van der Waals surface area contributed by atoms with Gasteiger partial charge in [0, 0.05) is 19.7 Å². The zero-order valence-electron chi connectivity index (χ0n) is 11.7. The van der Waals surface area contributed by atoms with E-state index in [2.05, 4.69) is 5.32 Å². The fourth-order valence-corrected chi connectivity index (χ4v) is 1.50. The van der Waals surface area contributed by atoms with Crippen LogP contribution in [-0.4, -0.2) is 37.3 Å². The molecule has 1 N–H and O–H groups in total. The lowest BCUT2D eigenvalue weighted by Gasteiger charge is -2.09. The summed E-state index contributed by atoms with van der Waals surface area (Å²) in [5.74, 6) is -0.782. The number of carbonyl (C=O) groups is 1. The van der Waals surface area contributed by atoms with Gasteiger partial charge < -0.3 is 14.8 Å². The predicted octanol–water partition coefficient (Wildman–Crippen LogP) is 1.72. The van der Waals surface area contributed by atoms with Crippen LogP contribution in [0.4, 0.5) is 11.4 Å². The van der Waals surface area contributed by atoms with E-state index < -0.39 is 17.0 Å². The molecule has 8 heteroatoms. The van der Waals surface area contributed by atoms with E-state index in [9.17, 15) is 14.9 Å². The Kier molecular flexibility index (Phi) is 6.10. The van der Waals surface area contributed by atoms with Gasteiger partial charge in [-0.3, -0.25) is 10.1 Å². The fourth-order valence-electron chi connectivity index (χ4n) is 1.50. The van der Waals surface area contributed by atoms with Gasteiger partial charge in [0.2, 0.25) is 0 Å². The Morgan fingerprint density at radius 2 is 2.29 bits per heavy atom. The molecule has 1 aromatic carbocycles. The highest BCUT2D eigenvalue weighted by molar-refractivity contribution is 5.91. The van der Waals surface area contributed by atoms with Crippen molar-refractivity contribution in [3.63, 3.8) is 0 Å². The highest BCUT2D eigenvalue weighted by Crippen LogP contribution is 2.25. The number of nitriles is 1. The van der Waals surface area contributed by atoms with E-state index >= 15 is 0 Å². The molecule has 0 amide bonds. The largest absolute Gasteiger partial charge is 0.444 e. The summed E-state index contributed by atoms with van der Waals surface area (Å²) in [6.07, 6.45) is -0.920. The third-order valence-electron chi connectivity index (χ3n) is 2.52. The Morgan fingerprint density at radius 1 is 1.57 bits per heavy atom. The van der Waals surface area contributed by atoms with Crippen LogP contribution in [0.5, 0.6) is 0 Å². The molecular formula is C13H15N3O5. The molecule has 0 aliphatic carbocycles. The highest BCUT2D eigenvalue weighted by atomic mass is 16.6. The number of rotatable bonds is 7. The molecule has 1 aromatic rings. The Labute approximate surface area is 121 Å². The number of nitro benzene ring substituents is 1. The van der Waals surface area contributed by atoms with Gasteiger partial charge in [-0.2, -0.15) is 5.26 Å². The summed E-state index contributed by atoms with van der Waals surface area (Å²) >= 11 is 0. The second-order valence-corrected chi connectivity index (χ2v) is 4.09. The number of esters is 1. The SMILES string of the molecule is COCCNc1ccc(C(=O)O[C@@H](C)C#N)cc1[N+](=O)[O-]. The molecule has 21 heavy (non-hydrogen) atoms. The zero-order chi connectivity index (χ0) is 15.8. The van der Waals surface area contributed by atoms with Crippen molar-refractivity contribution < 1.29 is 19.2 Å². The van der Waals surface area contributed by atoms with E-state index in [-0.39, 0.29) is 16.9 Å². The highest BCUT2D eigenvalue weighted by Gasteiger charge is 2.19. The number of nitrogens with one attached hydrogen (secondary N) is 1. The topological polar surface area (TPSA) is 114 Å². The van der Waals surface area contributed by atoms with Gasteiger partial charge in [-0.1, -0.05) is 0 Å². The third kappa shape index (κ3) is 4.74. The minimum absolute atomic E-state index is 0.0149. The minimum atomic E-state index is -0.920. The van der Waals surface area contributed by atoms with Gasteiger partial charge in [-0.25, -0.2) is 4.79 Å². The molecule has 1 atom stereocenters. The van der Waals surface area contributed by atoms with Crippen LogP contribution in [0.15, 0.2) is 18.2 Å². The first-order chi connectivity index (χ1) is 9.99. The van der Waals surface area contributed by atoms with Gasteiger partial charge in [0.05, 0.1) is 17.1 Å². The number of ether oxygens (including phenoxy) is 2. The number of anilines is 1. The van der Waals surface area contributed by atoms with Gasteiger partial charge in [0.1, 0.15) is 11.8 Å². The summed E-state index contributed by atoms with van der Waals surface area (Å²) < 4.78 is 9.64. The average molecular weight is 293 g/mol. The van der Waals surface area contributed by atoms with Crippen LogP contribution >= 0.6 is 0 Å². The van der Waals surface area contributed by atoms with Gasteiger partial charge in [-0.15, -0.1) is 0 Å². The molecule has 0 bridgehead atoms. The molecule has 0 unspecified atom stereocenters. The van der Waals surface area contributed by atoms with E-state index in [4.69, 9.17) is 14.7 Å². The maximum atomic E-state index is 11.7. The van der Waals surface area contributed by atoms with Crippen LogP contribution in [-0.2, 0) is 9.47 Å². The summed E-state index contributed by atoms with van der Waals surface area (Å²) in [6, 6.07) is 5.67. The lowest BCUT2D eigenvalue weighted by molar-refractivity contribution is -0.384. The van der Waals surface area contributed by atoms with Crippen molar-refractivity contribution >= 4 is 17.3 Å². The number of carbonyl (C=O) groups excluding carboxylic acids is 1. The fraction of sp³-hybridized carbons (Fsp3) is 0.385. The predicted molar refractivity (Wildman–Crippen MR) is 74.0 cm³/mol. The molecule has 0 saturated heterocycles. The number of hydrogen-bond donors (Lipinski definition) is 1. The number of nitrogens with zero attached hydrogens (tertiary/aromatic N) is 2. The van der Waals surface area contributed by atoms with Crippen LogP contribution in [0.25, 0.3) is 0 Å². The molecule has 0 fully saturated rings. The first-order valence-corrected chi connectivity index (χ1v) is 6.11. The molecule has 8 nitrogen and oxygen atoms in total. The van der Waals surface area contributed by atoms with Gasteiger partial charge in [-0.05, 0) is 19.1 Å². The normalized spacial score (nSPS) is 11.3. The number of hydrogen-bond acceptors (Lipinski definition) is 7. The van der Waals surface area contributed by atoms with Gasteiger partial charge >= 0.3 is 5.97 Å². The average Bonchev–Trinajstić information content (AvgIpc) is 2.47. The molecule has 1 rings (SSSR count). The maximum Gasteiger partial charge on any atom is 0.339 e. The maximum absolute atomic E-state index is 11.7. The smallest absolute Gasteiger partial charge is 0.339 e. The molecule has 0 saturated carbocycles. The zero-order valence-corrected chi connectivity index (χ0v) is 11.7. The standard InChI is InChI=1S/C13H15N3O5/c1-9(8-14)21-13(17)10-3-4-11(15-5-6-20-2)12(7-10)16(18)19/h3-4,7,9,15H,5-6H2,1-2H3/t9-/m0/s1. The van der Waals surface area contributed by atoms with Crippen molar-refractivity contribution in [3.8, 4) is 6.07 Å². The molecule has 0 aliphatic heterocycles. The summed E-state index contributed by atoms with van der Waals surface area (Å²) in [6.45, 7) is 2.19. The van der Waals surface area contributed by atoms with E-state index in [1.54, 1.807) is 6.07 Å². The van der Waals surface area contributed by atoms with Crippen LogP contribution in [0.3, 0.4) is 0 Å². The Morgan fingerprint density at radius 3 is 2.86 bits per heavy atom. The molecule has 0 heterocycles. The lowest BCUT2D eigenvalue weighted by Crippen LogP contribution is -2.14. The Balaban J connectivity index is 2.95. The van der Waals surface area contributed by atoms with Crippen molar-refractivity contribution in [1.82, 2.24) is 0 Å². The van der Waals surface area contributed by atoms with Crippen molar-refractivity contribution in [2.75, 3.05) is 25.6 Å². The van der Waals surface area contributed by atoms with Crippen molar-refractivity contribution in [2.24, 2.45) is 0 Å². The van der Waals surface area contributed by atoms with Crippen molar-refractivity contribution in [3.05, 3.63) is 33.9 Å². The summed E-state index contributed by atoms with van der Waals surface area (Å²) in [4.78, 5) is 22.2. The lowest BCUT2D eigenvalue weighted by atomic mass is 10.1. The minimum Gasteiger partial charge on any atom is -0.444 e. The summed E-state index contributed by atoms with van der Waals surface area (Å²) in [7, 11) is 1.52. The molecule has 0 aliphatic rings. The third-order valence-corrected chi connectivity index (χ3v) is 2.52. The Bertz CT molecular complexity index is 567. The second kappa shape index (κ2) is 7.81. The summed E-state index contributed by atoms with van der Waals surface area (Å²) in [5, 5.41) is 22.5. The van der Waals surface area contributed by atoms with Crippen LogP contribution in [0.1, 0.15) is 17.3 Å². The summed E-state index contributed by atoms with van der Waals surface area (Å²) in [5.41, 5.74) is 0.0492. The van der Waals surface area contributed by atoms with Crippen molar-refractivity contribution in [1.29, 1.82) is 5.26 Å².